The summed E-state index contributed by atoms with van der Waals surface area (Å²) in [5, 5.41) is 9.33. The molecule has 0 radical (unpaired) electrons. The molecular formula is C14H8ClNO4S. The molecule has 3 rings (SSSR count). The molecule has 7 heteroatoms. The summed E-state index contributed by atoms with van der Waals surface area (Å²) in [7, 11) is 0. The van der Waals surface area contributed by atoms with Gasteiger partial charge in [-0.1, -0.05) is 11.6 Å². The normalized spacial score (nSPS) is 13.7. The third-order valence-electron chi connectivity index (χ3n) is 3.12. The van der Waals surface area contributed by atoms with Gasteiger partial charge in [0.15, 0.2) is 0 Å². The van der Waals surface area contributed by atoms with Crippen molar-refractivity contribution in [2.24, 2.45) is 0 Å². The van der Waals surface area contributed by atoms with Gasteiger partial charge in [-0.05, 0) is 30.3 Å². The van der Waals surface area contributed by atoms with Gasteiger partial charge < -0.3 is 5.11 Å². The Morgan fingerprint density at radius 3 is 2.67 bits per heavy atom. The van der Waals surface area contributed by atoms with Crippen molar-refractivity contribution in [3.8, 4) is 0 Å². The van der Waals surface area contributed by atoms with Crippen LogP contribution in [0.4, 0.5) is 5.69 Å². The average Bonchev–Trinajstić information content (AvgIpc) is 2.99. The zero-order valence-electron chi connectivity index (χ0n) is 10.5. The molecule has 21 heavy (non-hydrogen) atoms. The van der Waals surface area contributed by atoms with Crippen LogP contribution in [0.5, 0.6) is 0 Å². The highest BCUT2D eigenvalue weighted by molar-refractivity contribution is 7.13. The number of nitrogens with zero attached hydrogens (tertiary/aromatic N) is 1. The summed E-state index contributed by atoms with van der Waals surface area (Å²) in [6.07, 6.45) is 0. The summed E-state index contributed by atoms with van der Waals surface area (Å²) in [6.45, 7) is 0.149. The van der Waals surface area contributed by atoms with E-state index in [2.05, 4.69) is 0 Å². The molecule has 5 nitrogen and oxygen atoms in total. The van der Waals surface area contributed by atoms with Gasteiger partial charge in [0, 0.05) is 9.90 Å². The molecule has 1 N–H and O–H groups in total. The maximum Gasteiger partial charge on any atom is 0.345 e. The van der Waals surface area contributed by atoms with E-state index in [-0.39, 0.29) is 11.4 Å². The summed E-state index contributed by atoms with van der Waals surface area (Å²) in [5.41, 5.74) is 0.780. The summed E-state index contributed by atoms with van der Waals surface area (Å²) in [5.74, 6) is -2.22. The zero-order chi connectivity index (χ0) is 15.1. The molecule has 1 aliphatic rings. The van der Waals surface area contributed by atoms with Gasteiger partial charge >= 0.3 is 5.97 Å². The van der Waals surface area contributed by atoms with Crippen molar-refractivity contribution >= 4 is 46.3 Å². The van der Waals surface area contributed by atoms with E-state index in [4.69, 9.17) is 16.7 Å². The second kappa shape index (κ2) is 4.98. The van der Waals surface area contributed by atoms with Crippen LogP contribution in [0.25, 0.3) is 0 Å². The number of fused-ring (bicyclic) bond motifs is 1. The first-order valence-electron chi connectivity index (χ1n) is 5.95. The Labute approximate surface area is 128 Å². The number of carboxylic acid groups (broad SMARTS) is 1. The lowest BCUT2D eigenvalue weighted by Gasteiger charge is -2.15. The first-order valence-corrected chi connectivity index (χ1v) is 7.14. The lowest BCUT2D eigenvalue weighted by atomic mass is 10.1. The molecule has 0 saturated heterocycles. The lowest BCUT2D eigenvalue weighted by Crippen LogP contribution is -2.28. The smallest absolute Gasteiger partial charge is 0.345 e. The first-order chi connectivity index (χ1) is 9.97. The Morgan fingerprint density at radius 2 is 2.00 bits per heavy atom. The van der Waals surface area contributed by atoms with E-state index in [1.807, 2.05) is 0 Å². The quantitative estimate of drug-likeness (QED) is 0.882. The fourth-order valence-corrected chi connectivity index (χ4v) is 3.16. The van der Waals surface area contributed by atoms with Crippen molar-refractivity contribution in [1.29, 1.82) is 0 Å². The fraction of sp³-hybridized carbons (Fsp3) is 0.0714. The third-order valence-corrected chi connectivity index (χ3v) is 4.41. The summed E-state index contributed by atoms with van der Waals surface area (Å²) >= 11 is 6.98. The van der Waals surface area contributed by atoms with Gasteiger partial charge in [-0.2, -0.15) is 0 Å². The van der Waals surface area contributed by atoms with Crippen molar-refractivity contribution in [2.45, 2.75) is 6.54 Å². The maximum absolute atomic E-state index is 12.0. The summed E-state index contributed by atoms with van der Waals surface area (Å²) in [4.78, 5) is 37.0. The highest BCUT2D eigenvalue weighted by atomic mass is 35.5. The zero-order valence-corrected chi connectivity index (χ0v) is 12.1. The molecule has 0 aliphatic carbocycles. The van der Waals surface area contributed by atoms with Crippen LogP contribution in [0, 0.1) is 0 Å². The second-order valence-corrected chi connectivity index (χ2v) is 6.06. The molecule has 1 amide bonds. The number of aromatic carboxylic acids is 1. The van der Waals surface area contributed by atoms with Crippen molar-refractivity contribution in [2.75, 3.05) is 4.90 Å². The Hall–Kier alpha value is -2.18. The van der Waals surface area contributed by atoms with Gasteiger partial charge in [-0.3, -0.25) is 14.5 Å². The summed E-state index contributed by atoms with van der Waals surface area (Å²) < 4.78 is 0. The van der Waals surface area contributed by atoms with Crippen LogP contribution in [0.15, 0.2) is 30.3 Å². The van der Waals surface area contributed by atoms with E-state index in [0.717, 1.165) is 11.3 Å². The van der Waals surface area contributed by atoms with E-state index in [1.165, 1.54) is 17.0 Å². The Kier molecular flexibility index (Phi) is 3.27. The third kappa shape index (κ3) is 2.32. The molecule has 0 spiro atoms. The molecule has 2 aromatic rings. The predicted molar refractivity (Wildman–Crippen MR) is 78.3 cm³/mol. The van der Waals surface area contributed by atoms with E-state index in [1.54, 1.807) is 18.2 Å². The fourth-order valence-electron chi connectivity index (χ4n) is 2.16. The van der Waals surface area contributed by atoms with Gasteiger partial charge in [0.05, 0.1) is 17.8 Å². The maximum atomic E-state index is 12.0. The Balaban J connectivity index is 1.95. The van der Waals surface area contributed by atoms with Crippen LogP contribution in [0.2, 0.25) is 5.02 Å². The van der Waals surface area contributed by atoms with Gasteiger partial charge in [-0.15, -0.1) is 11.3 Å². The number of ketones is 1. The molecule has 106 valence electrons. The number of benzene rings is 1. The number of Topliss-reactive ketones (excluding diaryl/α,β-unsaturated/α-hetero) is 1. The molecule has 1 aromatic heterocycles. The molecular weight excluding hydrogens is 314 g/mol. The summed E-state index contributed by atoms with van der Waals surface area (Å²) in [6, 6.07) is 7.75. The van der Waals surface area contributed by atoms with E-state index in [9.17, 15) is 14.4 Å². The topological polar surface area (TPSA) is 74.7 Å². The van der Waals surface area contributed by atoms with Crippen LogP contribution in [-0.4, -0.2) is 22.8 Å². The number of carbonyl (C=O) groups is 3. The Morgan fingerprint density at radius 1 is 1.24 bits per heavy atom. The number of carbonyl (C=O) groups excluding carboxylic acids is 2. The molecule has 1 aliphatic heterocycles. The van der Waals surface area contributed by atoms with Crippen molar-refractivity contribution < 1.29 is 19.5 Å². The number of thiophene rings is 1. The highest BCUT2D eigenvalue weighted by Crippen LogP contribution is 2.33. The largest absolute Gasteiger partial charge is 0.477 e. The SMILES string of the molecule is O=C(O)c1ccc(CN2C(=O)C(=O)c3ccc(Cl)cc32)s1. The van der Waals surface area contributed by atoms with E-state index >= 15 is 0 Å². The minimum atomic E-state index is -1.02. The van der Waals surface area contributed by atoms with Gasteiger partial charge in [0.2, 0.25) is 0 Å². The van der Waals surface area contributed by atoms with Crippen molar-refractivity contribution in [1.82, 2.24) is 0 Å². The number of rotatable bonds is 3. The molecule has 0 unspecified atom stereocenters. The monoisotopic (exact) mass is 321 g/mol. The Bertz CT molecular complexity index is 783. The van der Waals surface area contributed by atoms with Crippen LogP contribution in [0.3, 0.4) is 0 Å². The van der Waals surface area contributed by atoms with Crippen LogP contribution in [-0.2, 0) is 11.3 Å². The number of carboxylic acids is 1. The number of anilines is 1. The van der Waals surface area contributed by atoms with E-state index in [0.29, 0.717) is 21.2 Å². The van der Waals surface area contributed by atoms with Gasteiger partial charge in [0.1, 0.15) is 4.88 Å². The minimum Gasteiger partial charge on any atom is -0.477 e. The molecule has 0 fully saturated rings. The number of amides is 1. The second-order valence-electron chi connectivity index (χ2n) is 4.45. The highest BCUT2D eigenvalue weighted by Gasteiger charge is 2.36. The number of halogens is 1. The lowest BCUT2D eigenvalue weighted by molar-refractivity contribution is -0.114. The minimum absolute atomic E-state index is 0.149. The number of hydrogen-bond acceptors (Lipinski definition) is 4. The number of hydrogen-bond donors (Lipinski definition) is 1. The van der Waals surface area contributed by atoms with E-state index < -0.39 is 17.7 Å². The molecule has 1 aromatic carbocycles. The average molecular weight is 322 g/mol. The first kappa shape index (κ1) is 13.8. The van der Waals surface area contributed by atoms with Gasteiger partial charge in [-0.25, -0.2) is 4.79 Å². The van der Waals surface area contributed by atoms with Crippen molar-refractivity contribution in [3.05, 3.63) is 50.7 Å². The van der Waals surface area contributed by atoms with Crippen LogP contribution < -0.4 is 4.90 Å². The standard InChI is InChI=1S/C14H8ClNO4S/c15-7-1-3-9-10(5-7)16(13(18)12(9)17)6-8-2-4-11(21-8)14(19)20/h1-5H,6H2,(H,19,20). The molecule has 0 atom stereocenters. The predicted octanol–water partition coefficient (Wildman–Crippen LogP) is 2.83. The van der Waals surface area contributed by atoms with Crippen LogP contribution >= 0.6 is 22.9 Å². The molecule has 2 heterocycles. The van der Waals surface area contributed by atoms with Gasteiger partial charge in [0.25, 0.3) is 11.7 Å². The molecule has 0 bridgehead atoms. The molecule has 0 saturated carbocycles. The van der Waals surface area contributed by atoms with Crippen LogP contribution in [0.1, 0.15) is 24.9 Å². The van der Waals surface area contributed by atoms with Crippen molar-refractivity contribution in [3.63, 3.8) is 0 Å².